The van der Waals surface area contributed by atoms with Crippen molar-refractivity contribution in [1.82, 2.24) is 20.0 Å². The Morgan fingerprint density at radius 1 is 1.35 bits per heavy atom. The van der Waals surface area contributed by atoms with E-state index in [2.05, 4.69) is 26.7 Å². The first-order valence-corrected chi connectivity index (χ1v) is 10.1. The number of rotatable bonds is 4. The number of anilines is 1. The zero-order valence-corrected chi connectivity index (χ0v) is 20.3. The van der Waals surface area contributed by atoms with Crippen LogP contribution in [0.25, 0.3) is 5.13 Å². The van der Waals surface area contributed by atoms with Gasteiger partial charge in [-0.05, 0) is 25.8 Å². The van der Waals surface area contributed by atoms with Crippen molar-refractivity contribution in [3.8, 4) is 10.9 Å². The van der Waals surface area contributed by atoms with Gasteiger partial charge in [-0.1, -0.05) is 17.8 Å². The quantitative estimate of drug-likeness (QED) is 0.404. The Morgan fingerprint density at radius 3 is 2.61 bits per heavy atom. The van der Waals surface area contributed by atoms with E-state index in [9.17, 15) is 9.59 Å². The molecule has 0 unspecified atom stereocenters. The van der Waals surface area contributed by atoms with Crippen molar-refractivity contribution in [3.63, 3.8) is 0 Å². The summed E-state index contributed by atoms with van der Waals surface area (Å²) >= 11 is 1.13. The molecule has 1 spiro atoms. The summed E-state index contributed by atoms with van der Waals surface area (Å²) in [5, 5.41) is 15.2. The van der Waals surface area contributed by atoms with Crippen molar-refractivity contribution in [3.05, 3.63) is 46.3 Å². The van der Waals surface area contributed by atoms with E-state index in [-0.39, 0.29) is 46.2 Å². The molecule has 1 saturated carbocycles. The van der Waals surface area contributed by atoms with Crippen LogP contribution < -0.4 is 45.2 Å². The predicted octanol–water partition coefficient (Wildman–Crippen LogP) is -0.763. The van der Waals surface area contributed by atoms with Gasteiger partial charge >= 0.3 is 29.6 Å². The standard InChI is InChI=1S/C13H10N5O4S.C6H10O.Na/c1-7-5-6-14-18(7)13-17-16-12(23-13)15-10(19)8-3-4-9(21-2)11(20)22-8;1-2-6(3-1)4-7-5-6;/h3,5-6H,1-2H3,(H,15,16,19);1-5H2;/q-1;;+1. The zero-order chi connectivity index (χ0) is 21.1. The Labute approximate surface area is 204 Å². The van der Waals surface area contributed by atoms with Crippen LogP contribution in [0.4, 0.5) is 5.13 Å². The predicted molar refractivity (Wildman–Crippen MR) is 107 cm³/mol. The van der Waals surface area contributed by atoms with Gasteiger partial charge in [-0.25, -0.2) is 4.68 Å². The maximum absolute atomic E-state index is 12.0. The van der Waals surface area contributed by atoms with Crippen LogP contribution in [-0.2, 0) is 4.74 Å². The number of hydrogen-bond donors (Lipinski definition) is 1. The molecule has 2 aliphatic rings. The number of nitrogens with one attached hydrogen (secondary N) is 1. The number of amides is 1. The smallest absolute Gasteiger partial charge is 0.537 e. The van der Waals surface area contributed by atoms with Crippen LogP contribution in [0.3, 0.4) is 0 Å². The number of methoxy groups -OCH3 is 1. The largest absolute Gasteiger partial charge is 1.00 e. The van der Waals surface area contributed by atoms with Crippen molar-refractivity contribution in [2.45, 2.75) is 26.2 Å². The molecule has 10 nitrogen and oxygen atoms in total. The molecule has 5 rings (SSSR count). The molecule has 1 amide bonds. The summed E-state index contributed by atoms with van der Waals surface area (Å²) in [4.78, 5) is 23.5. The van der Waals surface area contributed by atoms with Gasteiger partial charge in [0.05, 0.1) is 31.8 Å². The molecule has 0 aromatic carbocycles. The Bertz CT molecular complexity index is 1090. The molecule has 0 atom stereocenters. The first-order chi connectivity index (χ1) is 14.5. The number of hydrogen-bond acceptors (Lipinski definition) is 9. The number of carbonyl (C=O) groups excluding carboxylic acids is 1. The molecule has 4 heterocycles. The third kappa shape index (κ3) is 5.24. The molecule has 1 saturated heterocycles. The molecule has 1 N–H and O–H groups in total. The molecule has 0 bridgehead atoms. The molecule has 31 heavy (non-hydrogen) atoms. The fraction of sp³-hybridized carbons (Fsp3) is 0.421. The minimum Gasteiger partial charge on any atom is -0.537 e. The minimum absolute atomic E-state index is 0. The molecule has 12 heteroatoms. The number of nitrogens with zero attached hydrogens (tertiary/aromatic N) is 4. The third-order valence-corrected chi connectivity index (χ3v) is 5.84. The molecule has 2 fully saturated rings. The second-order valence-electron chi connectivity index (χ2n) is 7.15. The van der Waals surface area contributed by atoms with Crippen LogP contribution >= 0.6 is 11.3 Å². The Balaban J connectivity index is 0.000000285. The molecule has 158 valence electrons. The van der Waals surface area contributed by atoms with Gasteiger partial charge in [-0.2, -0.15) is 5.10 Å². The monoisotopic (exact) mass is 453 g/mol. The average molecular weight is 453 g/mol. The van der Waals surface area contributed by atoms with E-state index < -0.39 is 11.5 Å². The van der Waals surface area contributed by atoms with Gasteiger partial charge in [0.2, 0.25) is 16.2 Å². The van der Waals surface area contributed by atoms with E-state index in [0.717, 1.165) is 35.7 Å². The van der Waals surface area contributed by atoms with Gasteiger partial charge in [0.15, 0.2) is 0 Å². The topological polar surface area (TPSA) is 121 Å². The van der Waals surface area contributed by atoms with Crippen LogP contribution in [0.5, 0.6) is 5.75 Å². The van der Waals surface area contributed by atoms with Crippen molar-refractivity contribution in [1.29, 1.82) is 0 Å². The van der Waals surface area contributed by atoms with Crippen LogP contribution in [0, 0.1) is 18.4 Å². The van der Waals surface area contributed by atoms with Crippen molar-refractivity contribution in [2.75, 3.05) is 25.6 Å². The summed E-state index contributed by atoms with van der Waals surface area (Å²) in [5.74, 6) is -0.947. The molecule has 1 aliphatic heterocycles. The van der Waals surface area contributed by atoms with Gasteiger partial charge in [-0.15, -0.1) is 22.3 Å². The minimum atomic E-state index is -0.787. The van der Waals surface area contributed by atoms with Crippen molar-refractivity contribution in [2.24, 2.45) is 5.41 Å². The summed E-state index contributed by atoms with van der Waals surface area (Å²) in [6, 6.07) is 5.56. The van der Waals surface area contributed by atoms with Gasteiger partial charge in [0, 0.05) is 17.3 Å². The SMILES string of the molecule is C1CC2(C1)COC2.COc1[c-]cc(C(=O)Nc2nnc(-n3nccc3C)s2)oc1=O.[Na+]. The molecule has 0 radical (unpaired) electrons. The molecular weight excluding hydrogens is 433 g/mol. The zero-order valence-electron chi connectivity index (χ0n) is 17.5. The molecule has 1 aliphatic carbocycles. The van der Waals surface area contributed by atoms with Gasteiger partial charge in [0.25, 0.3) is 5.63 Å². The van der Waals surface area contributed by atoms with E-state index in [1.165, 1.54) is 32.4 Å². The second-order valence-corrected chi connectivity index (χ2v) is 8.11. The van der Waals surface area contributed by atoms with E-state index in [1.807, 2.05) is 13.0 Å². The summed E-state index contributed by atoms with van der Waals surface area (Å²) in [6.07, 6.45) is 5.96. The first-order valence-electron chi connectivity index (χ1n) is 9.33. The van der Waals surface area contributed by atoms with Gasteiger partial charge in [-0.3, -0.25) is 4.79 Å². The van der Waals surface area contributed by atoms with E-state index in [4.69, 9.17) is 13.9 Å². The summed E-state index contributed by atoms with van der Waals surface area (Å²) in [7, 11) is 1.31. The Hall–Kier alpha value is -2.05. The van der Waals surface area contributed by atoms with Crippen molar-refractivity contribution < 1.29 is 48.2 Å². The van der Waals surface area contributed by atoms with Crippen molar-refractivity contribution >= 4 is 22.4 Å². The third-order valence-electron chi connectivity index (χ3n) is 5.03. The van der Waals surface area contributed by atoms with Crippen LogP contribution in [0.1, 0.15) is 35.5 Å². The number of carbonyl (C=O) groups is 1. The fourth-order valence-corrected chi connectivity index (χ4v) is 3.81. The molecule has 3 aromatic heterocycles. The molecular formula is C19H20N5NaO5S. The Kier molecular flexibility index (Phi) is 7.65. The van der Waals surface area contributed by atoms with Gasteiger partial charge < -0.3 is 24.0 Å². The van der Waals surface area contributed by atoms with E-state index >= 15 is 0 Å². The van der Waals surface area contributed by atoms with Crippen LogP contribution in [-0.4, -0.2) is 46.2 Å². The van der Waals surface area contributed by atoms with Crippen LogP contribution in [0.2, 0.25) is 0 Å². The number of ether oxygens (including phenoxy) is 2. The first kappa shape index (κ1) is 23.6. The fourth-order valence-electron chi connectivity index (χ4n) is 3.06. The van der Waals surface area contributed by atoms with Crippen LogP contribution in [0.15, 0.2) is 27.5 Å². The normalized spacial score (nSPS) is 15.5. The second kappa shape index (κ2) is 10.0. The number of aryl methyl sites for hydroxylation is 1. The number of aromatic nitrogens is 4. The molecule has 3 aromatic rings. The van der Waals surface area contributed by atoms with E-state index in [0.29, 0.717) is 5.13 Å². The Morgan fingerprint density at radius 2 is 2.13 bits per heavy atom. The average Bonchev–Trinajstić information content (AvgIpc) is 3.28. The maximum atomic E-state index is 12.0. The maximum Gasteiger partial charge on any atom is 1.00 e. The summed E-state index contributed by atoms with van der Waals surface area (Å²) < 4.78 is 16.2. The summed E-state index contributed by atoms with van der Waals surface area (Å²) in [6.45, 7) is 3.99. The van der Waals surface area contributed by atoms with Gasteiger partial charge in [0.1, 0.15) is 0 Å². The van der Waals surface area contributed by atoms with E-state index in [1.54, 1.807) is 10.9 Å². The summed E-state index contributed by atoms with van der Waals surface area (Å²) in [5.41, 5.74) is 0.819.